The van der Waals surface area contributed by atoms with Gasteiger partial charge in [0.05, 0.1) is 0 Å². The largest absolute Gasteiger partial charge is 0.388 e. The lowest BCUT2D eigenvalue weighted by Gasteiger charge is -2.08. The fourth-order valence-electron chi connectivity index (χ4n) is 1.49. The van der Waals surface area contributed by atoms with Crippen LogP contribution in [0.15, 0.2) is 53.0 Å². The van der Waals surface area contributed by atoms with Crippen LogP contribution in [0.1, 0.15) is 0 Å². The third kappa shape index (κ3) is 2.76. The van der Waals surface area contributed by atoms with Gasteiger partial charge in [-0.15, -0.1) is 0 Å². The van der Waals surface area contributed by atoms with E-state index >= 15 is 0 Å². The molecule has 0 aliphatic carbocycles. The van der Waals surface area contributed by atoms with E-state index in [4.69, 9.17) is 0 Å². The molecule has 0 saturated heterocycles. The Balaban J connectivity index is 2.20. The van der Waals surface area contributed by atoms with Gasteiger partial charge in [0, 0.05) is 28.6 Å². The number of rotatable bonds is 3. The van der Waals surface area contributed by atoms with Crippen LogP contribution in [0.2, 0.25) is 0 Å². The molecule has 0 radical (unpaired) electrons. The van der Waals surface area contributed by atoms with Gasteiger partial charge in [0.1, 0.15) is 0 Å². The van der Waals surface area contributed by atoms with Crippen LogP contribution in [-0.2, 0) is 0 Å². The van der Waals surface area contributed by atoms with Gasteiger partial charge in [0.2, 0.25) is 0 Å². The minimum Gasteiger partial charge on any atom is -0.388 e. The molecule has 0 fully saturated rings. The van der Waals surface area contributed by atoms with Gasteiger partial charge in [0.15, 0.2) is 0 Å². The van der Waals surface area contributed by atoms with Crippen molar-refractivity contribution < 1.29 is 0 Å². The van der Waals surface area contributed by atoms with Gasteiger partial charge in [-0.3, -0.25) is 0 Å². The maximum atomic E-state index is 3.45. The average Bonchev–Trinajstić information content (AvgIpc) is 2.29. The zero-order valence-electron chi connectivity index (χ0n) is 9.00. The molecule has 0 spiro atoms. The number of halogens is 1. The van der Waals surface area contributed by atoms with Crippen molar-refractivity contribution in [1.29, 1.82) is 0 Å². The molecule has 0 bridgehead atoms. The molecular weight excluding hydrogens is 264 g/mol. The Labute approximate surface area is 104 Å². The van der Waals surface area contributed by atoms with Gasteiger partial charge < -0.3 is 10.6 Å². The van der Waals surface area contributed by atoms with Gasteiger partial charge in [-0.05, 0) is 36.4 Å². The number of benzene rings is 2. The zero-order valence-corrected chi connectivity index (χ0v) is 10.6. The van der Waals surface area contributed by atoms with Crippen LogP contribution in [-0.4, -0.2) is 7.05 Å². The molecule has 2 nitrogen and oxygen atoms in total. The van der Waals surface area contributed by atoms with E-state index in [-0.39, 0.29) is 0 Å². The van der Waals surface area contributed by atoms with E-state index in [0.717, 1.165) is 21.5 Å². The second-order valence-corrected chi connectivity index (χ2v) is 4.38. The quantitative estimate of drug-likeness (QED) is 0.877. The Morgan fingerprint density at radius 3 is 2.19 bits per heavy atom. The maximum Gasteiger partial charge on any atom is 0.0404 e. The fourth-order valence-corrected chi connectivity index (χ4v) is 1.88. The number of hydrogen-bond acceptors (Lipinski definition) is 2. The molecule has 2 aromatic rings. The molecule has 0 amide bonds. The standard InChI is InChI=1S/C13H13BrN2/c1-15-11-5-3-7-13(9-11)16-12-6-2-4-10(14)8-12/h2-9,15-16H,1H3. The van der Waals surface area contributed by atoms with Crippen molar-refractivity contribution >= 4 is 33.0 Å². The summed E-state index contributed by atoms with van der Waals surface area (Å²) in [6, 6.07) is 16.3. The van der Waals surface area contributed by atoms with Gasteiger partial charge in [0.25, 0.3) is 0 Å². The lowest BCUT2D eigenvalue weighted by Crippen LogP contribution is -1.92. The highest BCUT2D eigenvalue weighted by Gasteiger charge is 1.96. The van der Waals surface area contributed by atoms with Gasteiger partial charge >= 0.3 is 0 Å². The van der Waals surface area contributed by atoms with Gasteiger partial charge in [-0.25, -0.2) is 0 Å². The van der Waals surface area contributed by atoms with Crippen molar-refractivity contribution in [2.24, 2.45) is 0 Å². The van der Waals surface area contributed by atoms with Crippen molar-refractivity contribution in [2.45, 2.75) is 0 Å². The van der Waals surface area contributed by atoms with Crippen molar-refractivity contribution in [3.8, 4) is 0 Å². The summed E-state index contributed by atoms with van der Waals surface area (Å²) < 4.78 is 1.07. The van der Waals surface area contributed by atoms with E-state index in [1.807, 2.05) is 49.5 Å². The topological polar surface area (TPSA) is 24.1 Å². The molecule has 0 atom stereocenters. The summed E-state index contributed by atoms with van der Waals surface area (Å²) in [5.74, 6) is 0. The zero-order chi connectivity index (χ0) is 11.4. The van der Waals surface area contributed by atoms with Crippen molar-refractivity contribution in [2.75, 3.05) is 17.7 Å². The van der Waals surface area contributed by atoms with Gasteiger partial charge in [-0.1, -0.05) is 28.1 Å². The summed E-state index contributed by atoms with van der Waals surface area (Å²) in [6.45, 7) is 0. The first-order valence-electron chi connectivity index (χ1n) is 5.08. The molecule has 2 aromatic carbocycles. The van der Waals surface area contributed by atoms with Crippen LogP contribution in [0.4, 0.5) is 17.1 Å². The SMILES string of the molecule is CNc1cccc(Nc2cccc(Br)c2)c1. The molecule has 2 N–H and O–H groups in total. The third-order valence-electron chi connectivity index (χ3n) is 2.26. The Bertz CT molecular complexity index is 483. The van der Waals surface area contributed by atoms with Crippen LogP contribution < -0.4 is 10.6 Å². The Hall–Kier alpha value is -1.48. The first-order valence-corrected chi connectivity index (χ1v) is 5.87. The molecule has 0 aromatic heterocycles. The number of nitrogens with one attached hydrogen (secondary N) is 2. The van der Waals surface area contributed by atoms with Gasteiger partial charge in [-0.2, -0.15) is 0 Å². The molecule has 0 heterocycles. The lowest BCUT2D eigenvalue weighted by atomic mass is 10.2. The fraction of sp³-hybridized carbons (Fsp3) is 0.0769. The Kier molecular flexibility index (Phi) is 3.47. The lowest BCUT2D eigenvalue weighted by molar-refractivity contribution is 1.48. The summed E-state index contributed by atoms with van der Waals surface area (Å²) in [7, 11) is 1.91. The average molecular weight is 277 g/mol. The third-order valence-corrected chi connectivity index (χ3v) is 2.76. The molecule has 16 heavy (non-hydrogen) atoms. The molecule has 0 aliphatic rings. The molecule has 0 saturated carbocycles. The predicted octanol–water partition coefficient (Wildman–Crippen LogP) is 4.23. The van der Waals surface area contributed by atoms with Crippen molar-refractivity contribution in [3.05, 3.63) is 53.0 Å². The molecule has 2 rings (SSSR count). The predicted molar refractivity (Wildman–Crippen MR) is 73.4 cm³/mol. The monoisotopic (exact) mass is 276 g/mol. The second kappa shape index (κ2) is 5.03. The van der Waals surface area contributed by atoms with E-state index in [1.54, 1.807) is 0 Å². The summed E-state index contributed by atoms with van der Waals surface area (Å²) in [6.07, 6.45) is 0. The van der Waals surface area contributed by atoms with E-state index in [9.17, 15) is 0 Å². The van der Waals surface area contributed by atoms with E-state index in [1.165, 1.54) is 0 Å². The van der Waals surface area contributed by atoms with Crippen LogP contribution in [0.3, 0.4) is 0 Å². The van der Waals surface area contributed by atoms with Crippen molar-refractivity contribution in [1.82, 2.24) is 0 Å². The Morgan fingerprint density at radius 2 is 1.50 bits per heavy atom. The molecule has 82 valence electrons. The summed E-state index contributed by atoms with van der Waals surface area (Å²) in [4.78, 5) is 0. The molecule has 0 aliphatic heterocycles. The highest BCUT2D eigenvalue weighted by molar-refractivity contribution is 9.10. The van der Waals surface area contributed by atoms with E-state index < -0.39 is 0 Å². The number of hydrogen-bond donors (Lipinski definition) is 2. The smallest absolute Gasteiger partial charge is 0.0404 e. The van der Waals surface area contributed by atoms with E-state index in [0.29, 0.717) is 0 Å². The van der Waals surface area contributed by atoms with Crippen LogP contribution >= 0.6 is 15.9 Å². The van der Waals surface area contributed by atoms with Crippen LogP contribution in [0.5, 0.6) is 0 Å². The molecule has 3 heteroatoms. The molecule has 0 unspecified atom stereocenters. The molecular formula is C13H13BrN2. The van der Waals surface area contributed by atoms with E-state index in [2.05, 4.69) is 32.6 Å². The normalized spacial score (nSPS) is 9.88. The highest BCUT2D eigenvalue weighted by Crippen LogP contribution is 2.22. The Morgan fingerprint density at radius 1 is 0.875 bits per heavy atom. The van der Waals surface area contributed by atoms with Crippen LogP contribution in [0, 0.1) is 0 Å². The highest BCUT2D eigenvalue weighted by atomic mass is 79.9. The number of anilines is 3. The summed E-state index contributed by atoms with van der Waals surface area (Å²) >= 11 is 3.45. The first kappa shape index (κ1) is 11.0. The summed E-state index contributed by atoms with van der Waals surface area (Å²) in [5.41, 5.74) is 3.24. The maximum absolute atomic E-state index is 3.45. The van der Waals surface area contributed by atoms with Crippen molar-refractivity contribution in [3.63, 3.8) is 0 Å². The minimum absolute atomic E-state index is 1.07. The summed E-state index contributed by atoms with van der Waals surface area (Å²) in [5, 5.41) is 6.46. The minimum atomic E-state index is 1.07. The first-order chi connectivity index (χ1) is 7.78. The van der Waals surface area contributed by atoms with Crippen LogP contribution in [0.25, 0.3) is 0 Å². The second-order valence-electron chi connectivity index (χ2n) is 3.47.